The molecule has 21 heavy (non-hydrogen) atoms. The largest absolute Gasteiger partial charge is 0.354 e. The summed E-state index contributed by atoms with van der Waals surface area (Å²) in [5.74, 6) is 0. The summed E-state index contributed by atoms with van der Waals surface area (Å²) in [4.78, 5) is 4.41. The molecule has 2 aromatic rings. The second-order valence-corrected chi connectivity index (χ2v) is 5.09. The van der Waals surface area contributed by atoms with E-state index < -0.39 is 0 Å². The predicted octanol–water partition coefficient (Wildman–Crippen LogP) is 2.76. The number of aromatic nitrogens is 1. The molecule has 0 fully saturated rings. The number of nitrogens with zero attached hydrogens (tertiary/aromatic N) is 1. The number of hydrogen-bond donors (Lipinski definition) is 1. The summed E-state index contributed by atoms with van der Waals surface area (Å²) in [6.45, 7) is 3.09. The molecule has 0 aliphatic carbocycles. The smallest absolute Gasteiger partial charge is 0.172 e. The lowest BCUT2D eigenvalue weighted by molar-refractivity contribution is -0.122. The number of fused-ring (bicyclic) bond motifs is 1. The molecule has 0 spiro atoms. The molecule has 0 saturated heterocycles. The Bertz CT molecular complexity index is 550. The third-order valence-electron chi connectivity index (χ3n) is 3.63. The Balaban J connectivity index is 2.25. The van der Waals surface area contributed by atoms with Gasteiger partial charge in [-0.2, -0.15) is 0 Å². The SMILES string of the molecule is CCCNC(Cc1ccnc2ccccc12)C(OC)OC. The van der Waals surface area contributed by atoms with Crippen LogP contribution in [0.15, 0.2) is 36.5 Å². The molecule has 0 radical (unpaired) electrons. The summed E-state index contributed by atoms with van der Waals surface area (Å²) < 4.78 is 10.9. The highest BCUT2D eigenvalue weighted by molar-refractivity contribution is 5.81. The van der Waals surface area contributed by atoms with Gasteiger partial charge in [0.1, 0.15) is 0 Å². The zero-order valence-corrected chi connectivity index (χ0v) is 13.0. The molecule has 1 atom stereocenters. The Morgan fingerprint density at radius 2 is 1.90 bits per heavy atom. The lowest BCUT2D eigenvalue weighted by atomic mass is 10.0. The van der Waals surface area contributed by atoms with Crippen LogP contribution in [-0.2, 0) is 15.9 Å². The molecule has 1 aromatic carbocycles. The van der Waals surface area contributed by atoms with Crippen molar-refractivity contribution in [3.63, 3.8) is 0 Å². The molecular weight excluding hydrogens is 264 g/mol. The van der Waals surface area contributed by atoms with Crippen LogP contribution in [-0.4, -0.2) is 38.1 Å². The minimum absolute atomic E-state index is 0.116. The van der Waals surface area contributed by atoms with Gasteiger partial charge in [0.25, 0.3) is 0 Å². The molecular formula is C17H24N2O2. The van der Waals surface area contributed by atoms with Crippen molar-refractivity contribution < 1.29 is 9.47 Å². The number of hydrogen-bond acceptors (Lipinski definition) is 4. The fourth-order valence-electron chi connectivity index (χ4n) is 2.59. The molecule has 0 aliphatic heterocycles. The lowest BCUT2D eigenvalue weighted by Crippen LogP contribution is -2.44. The maximum atomic E-state index is 5.44. The molecule has 4 nitrogen and oxygen atoms in total. The highest BCUT2D eigenvalue weighted by Crippen LogP contribution is 2.19. The Morgan fingerprint density at radius 1 is 1.14 bits per heavy atom. The number of methoxy groups -OCH3 is 2. The van der Waals surface area contributed by atoms with E-state index in [-0.39, 0.29) is 12.3 Å². The van der Waals surface area contributed by atoms with Gasteiger partial charge >= 0.3 is 0 Å². The van der Waals surface area contributed by atoms with Crippen LogP contribution in [0.3, 0.4) is 0 Å². The Morgan fingerprint density at radius 3 is 2.62 bits per heavy atom. The van der Waals surface area contributed by atoms with Crippen LogP contribution in [0, 0.1) is 0 Å². The maximum Gasteiger partial charge on any atom is 0.172 e. The highest BCUT2D eigenvalue weighted by Gasteiger charge is 2.21. The lowest BCUT2D eigenvalue weighted by Gasteiger charge is -2.26. The average molecular weight is 288 g/mol. The van der Waals surface area contributed by atoms with Gasteiger partial charge in [-0.25, -0.2) is 0 Å². The molecule has 0 amide bonds. The van der Waals surface area contributed by atoms with Crippen LogP contribution in [0.5, 0.6) is 0 Å². The molecule has 0 aliphatic rings. The first-order valence-corrected chi connectivity index (χ1v) is 7.41. The van der Waals surface area contributed by atoms with Crippen LogP contribution < -0.4 is 5.32 Å². The van der Waals surface area contributed by atoms with Gasteiger partial charge in [-0.05, 0) is 37.1 Å². The van der Waals surface area contributed by atoms with Crippen LogP contribution in [0.2, 0.25) is 0 Å². The van der Waals surface area contributed by atoms with E-state index in [0.717, 1.165) is 24.9 Å². The summed E-state index contributed by atoms with van der Waals surface area (Å²) in [5.41, 5.74) is 2.28. The second kappa shape index (κ2) is 8.08. The fourth-order valence-corrected chi connectivity index (χ4v) is 2.59. The van der Waals surface area contributed by atoms with Crippen molar-refractivity contribution in [1.29, 1.82) is 0 Å². The molecule has 4 heteroatoms. The van der Waals surface area contributed by atoms with Gasteiger partial charge in [0.2, 0.25) is 0 Å². The van der Waals surface area contributed by atoms with Crippen LogP contribution >= 0.6 is 0 Å². The van der Waals surface area contributed by atoms with Gasteiger partial charge in [0, 0.05) is 25.8 Å². The Hall–Kier alpha value is -1.49. The summed E-state index contributed by atoms with van der Waals surface area (Å²) in [7, 11) is 3.36. The van der Waals surface area contributed by atoms with E-state index in [1.807, 2.05) is 24.4 Å². The molecule has 1 N–H and O–H groups in total. The summed E-state index contributed by atoms with van der Waals surface area (Å²) in [6, 6.07) is 10.4. The second-order valence-electron chi connectivity index (χ2n) is 5.09. The first-order valence-electron chi connectivity index (χ1n) is 7.41. The van der Waals surface area contributed by atoms with Crippen molar-refractivity contribution in [1.82, 2.24) is 10.3 Å². The summed E-state index contributed by atoms with van der Waals surface area (Å²) >= 11 is 0. The number of nitrogens with one attached hydrogen (secondary N) is 1. The number of rotatable bonds is 8. The van der Waals surface area contributed by atoms with Crippen molar-refractivity contribution in [2.24, 2.45) is 0 Å². The monoisotopic (exact) mass is 288 g/mol. The standard InChI is InChI=1S/C17H24N2O2/c1-4-10-18-16(17(20-2)21-3)12-13-9-11-19-15-8-6-5-7-14(13)15/h5-9,11,16-18H,4,10,12H2,1-3H3. The first kappa shape index (κ1) is 15.9. The summed E-state index contributed by atoms with van der Waals surface area (Å²) in [5, 5.41) is 4.70. The molecule has 114 valence electrons. The van der Waals surface area contributed by atoms with Crippen LogP contribution in [0.25, 0.3) is 10.9 Å². The number of benzene rings is 1. The highest BCUT2D eigenvalue weighted by atomic mass is 16.7. The van der Waals surface area contributed by atoms with Crippen molar-refractivity contribution in [2.75, 3.05) is 20.8 Å². The van der Waals surface area contributed by atoms with Gasteiger partial charge in [-0.3, -0.25) is 4.98 Å². The van der Waals surface area contributed by atoms with E-state index in [4.69, 9.17) is 9.47 Å². The van der Waals surface area contributed by atoms with Gasteiger partial charge in [-0.15, -0.1) is 0 Å². The third kappa shape index (κ3) is 4.00. The quantitative estimate of drug-likeness (QED) is 0.759. The minimum atomic E-state index is -0.261. The maximum absolute atomic E-state index is 5.44. The molecule has 1 unspecified atom stereocenters. The zero-order valence-electron chi connectivity index (χ0n) is 13.0. The predicted molar refractivity (Wildman–Crippen MR) is 85.3 cm³/mol. The third-order valence-corrected chi connectivity index (χ3v) is 3.63. The van der Waals surface area contributed by atoms with E-state index in [0.29, 0.717) is 0 Å². The van der Waals surface area contributed by atoms with Crippen molar-refractivity contribution in [3.05, 3.63) is 42.1 Å². The first-order chi connectivity index (χ1) is 10.3. The number of pyridine rings is 1. The number of ether oxygens (including phenoxy) is 2. The van der Waals surface area contributed by atoms with Gasteiger partial charge < -0.3 is 14.8 Å². The topological polar surface area (TPSA) is 43.4 Å². The van der Waals surface area contributed by atoms with E-state index in [9.17, 15) is 0 Å². The molecule has 1 heterocycles. The van der Waals surface area contributed by atoms with Gasteiger partial charge in [0.15, 0.2) is 6.29 Å². The Labute approximate surface area is 126 Å². The van der Waals surface area contributed by atoms with E-state index in [2.05, 4.69) is 29.4 Å². The van der Waals surface area contributed by atoms with E-state index in [1.54, 1.807) is 14.2 Å². The van der Waals surface area contributed by atoms with Crippen LogP contribution in [0.4, 0.5) is 0 Å². The van der Waals surface area contributed by atoms with Crippen molar-refractivity contribution in [2.45, 2.75) is 32.1 Å². The number of para-hydroxylation sites is 1. The van der Waals surface area contributed by atoms with Gasteiger partial charge in [0.05, 0.1) is 11.6 Å². The van der Waals surface area contributed by atoms with Crippen molar-refractivity contribution >= 4 is 10.9 Å². The zero-order chi connectivity index (χ0) is 15.1. The van der Waals surface area contributed by atoms with Crippen molar-refractivity contribution in [3.8, 4) is 0 Å². The van der Waals surface area contributed by atoms with Crippen LogP contribution in [0.1, 0.15) is 18.9 Å². The van der Waals surface area contributed by atoms with E-state index >= 15 is 0 Å². The van der Waals surface area contributed by atoms with Gasteiger partial charge in [-0.1, -0.05) is 25.1 Å². The normalized spacial score (nSPS) is 13.0. The average Bonchev–Trinajstić information content (AvgIpc) is 2.53. The summed E-state index contributed by atoms with van der Waals surface area (Å²) in [6.07, 6.45) is 3.52. The molecule has 1 aromatic heterocycles. The Kier molecular flexibility index (Phi) is 6.11. The molecule has 2 rings (SSSR count). The molecule has 0 saturated carbocycles. The minimum Gasteiger partial charge on any atom is -0.354 e. The molecule has 0 bridgehead atoms. The fraction of sp³-hybridized carbons (Fsp3) is 0.471. The van der Waals surface area contributed by atoms with E-state index in [1.165, 1.54) is 10.9 Å².